The molecular formula is C17H27N5O. The van der Waals surface area contributed by atoms with Gasteiger partial charge in [-0.25, -0.2) is 9.97 Å². The molecule has 0 aliphatic carbocycles. The Morgan fingerprint density at radius 3 is 2.74 bits per heavy atom. The van der Waals surface area contributed by atoms with Gasteiger partial charge in [0.2, 0.25) is 5.91 Å². The summed E-state index contributed by atoms with van der Waals surface area (Å²) in [4.78, 5) is 24.7. The van der Waals surface area contributed by atoms with Gasteiger partial charge in [0.05, 0.1) is 0 Å². The number of anilines is 1. The van der Waals surface area contributed by atoms with E-state index in [-0.39, 0.29) is 5.91 Å². The molecule has 0 aromatic carbocycles. The molecule has 23 heavy (non-hydrogen) atoms. The molecule has 6 heteroatoms. The van der Waals surface area contributed by atoms with Crippen molar-refractivity contribution >= 4 is 11.7 Å². The molecule has 1 unspecified atom stereocenters. The van der Waals surface area contributed by atoms with Crippen LogP contribution in [-0.2, 0) is 4.79 Å². The van der Waals surface area contributed by atoms with Crippen LogP contribution in [0.25, 0.3) is 0 Å². The van der Waals surface area contributed by atoms with E-state index in [4.69, 9.17) is 0 Å². The summed E-state index contributed by atoms with van der Waals surface area (Å²) < 4.78 is 0. The van der Waals surface area contributed by atoms with Crippen molar-refractivity contribution in [1.82, 2.24) is 20.2 Å². The minimum absolute atomic E-state index is 0.210. The molecule has 126 valence electrons. The number of hydrogen-bond donors (Lipinski definition) is 1. The molecule has 2 aliphatic rings. The number of carbonyl (C=O) groups excluding carboxylic acids is 1. The largest absolute Gasteiger partial charge is 0.356 e. The van der Waals surface area contributed by atoms with Crippen molar-refractivity contribution in [3.63, 3.8) is 0 Å². The van der Waals surface area contributed by atoms with Gasteiger partial charge in [0.1, 0.15) is 12.1 Å². The smallest absolute Gasteiger partial charge is 0.220 e. The summed E-state index contributed by atoms with van der Waals surface area (Å²) in [6.07, 6.45) is 5.70. The first-order valence-electron chi connectivity index (χ1n) is 8.62. The second-order valence-electron chi connectivity index (χ2n) is 6.87. The molecule has 1 N–H and O–H groups in total. The van der Waals surface area contributed by atoms with E-state index in [0.29, 0.717) is 18.4 Å². The van der Waals surface area contributed by atoms with Crippen LogP contribution in [0.15, 0.2) is 12.4 Å². The van der Waals surface area contributed by atoms with Crippen molar-refractivity contribution in [3.05, 3.63) is 18.1 Å². The molecule has 6 nitrogen and oxygen atoms in total. The molecule has 2 fully saturated rings. The maximum Gasteiger partial charge on any atom is 0.220 e. The van der Waals surface area contributed by atoms with Crippen LogP contribution in [0.4, 0.5) is 5.82 Å². The fourth-order valence-corrected chi connectivity index (χ4v) is 3.61. The lowest BCUT2D eigenvalue weighted by molar-refractivity contribution is -0.123. The summed E-state index contributed by atoms with van der Waals surface area (Å²) in [5.74, 6) is 1.85. The molecule has 0 radical (unpaired) electrons. The summed E-state index contributed by atoms with van der Waals surface area (Å²) in [5, 5.41) is 2.99. The Morgan fingerprint density at radius 2 is 2.09 bits per heavy atom. The lowest BCUT2D eigenvalue weighted by Crippen LogP contribution is -2.47. The number of rotatable bonds is 4. The maximum absolute atomic E-state index is 11.2. The molecule has 1 aromatic rings. The minimum atomic E-state index is 0.210. The fourth-order valence-electron chi connectivity index (χ4n) is 3.61. The SMILES string of the molecule is Cc1cc(N(C)C2CCN(CC3CCC(=O)NC3)CC2)ncn1. The number of aromatic nitrogens is 2. The average Bonchev–Trinajstić information content (AvgIpc) is 2.57. The van der Waals surface area contributed by atoms with E-state index in [2.05, 4.69) is 38.2 Å². The molecular weight excluding hydrogens is 290 g/mol. The molecule has 0 bridgehead atoms. The number of aryl methyl sites for hydroxylation is 1. The van der Waals surface area contributed by atoms with Crippen LogP contribution >= 0.6 is 0 Å². The van der Waals surface area contributed by atoms with Crippen LogP contribution in [-0.4, -0.2) is 60.0 Å². The van der Waals surface area contributed by atoms with Crippen LogP contribution in [0.1, 0.15) is 31.4 Å². The summed E-state index contributed by atoms with van der Waals surface area (Å²) in [7, 11) is 2.14. The Bertz CT molecular complexity index is 532. The minimum Gasteiger partial charge on any atom is -0.356 e. The van der Waals surface area contributed by atoms with E-state index < -0.39 is 0 Å². The highest BCUT2D eigenvalue weighted by atomic mass is 16.1. The summed E-state index contributed by atoms with van der Waals surface area (Å²) >= 11 is 0. The lowest BCUT2D eigenvalue weighted by atomic mass is 9.96. The molecule has 1 atom stereocenters. The molecule has 1 amide bonds. The van der Waals surface area contributed by atoms with E-state index >= 15 is 0 Å². The fraction of sp³-hybridized carbons (Fsp3) is 0.706. The molecule has 0 saturated carbocycles. The summed E-state index contributed by atoms with van der Waals surface area (Å²) in [6.45, 7) is 6.22. The quantitative estimate of drug-likeness (QED) is 0.904. The first-order chi connectivity index (χ1) is 11.1. The van der Waals surface area contributed by atoms with Crippen molar-refractivity contribution < 1.29 is 4.79 Å². The van der Waals surface area contributed by atoms with Crippen molar-refractivity contribution in [2.24, 2.45) is 5.92 Å². The number of likely N-dealkylation sites (tertiary alicyclic amines) is 1. The normalized spacial score (nSPS) is 23.6. The number of amides is 1. The third kappa shape index (κ3) is 4.19. The van der Waals surface area contributed by atoms with Gasteiger partial charge in [-0.3, -0.25) is 4.79 Å². The van der Waals surface area contributed by atoms with Crippen LogP contribution in [0.3, 0.4) is 0 Å². The zero-order valence-corrected chi connectivity index (χ0v) is 14.2. The predicted molar refractivity (Wildman–Crippen MR) is 90.4 cm³/mol. The Labute approximate surface area is 138 Å². The topological polar surface area (TPSA) is 61.4 Å². The highest BCUT2D eigenvalue weighted by Crippen LogP contribution is 2.22. The predicted octanol–water partition coefficient (Wildman–Crippen LogP) is 1.21. The van der Waals surface area contributed by atoms with E-state index in [9.17, 15) is 4.79 Å². The summed E-state index contributed by atoms with van der Waals surface area (Å²) in [5.41, 5.74) is 1.01. The molecule has 2 saturated heterocycles. The molecule has 3 heterocycles. The Balaban J connectivity index is 1.47. The van der Waals surface area contributed by atoms with Gasteiger partial charge in [-0.1, -0.05) is 0 Å². The number of nitrogens with zero attached hydrogens (tertiary/aromatic N) is 4. The standard InChI is InChI=1S/C17H27N5O/c1-13-9-16(20-12-19-13)21(2)15-5-7-22(8-6-15)11-14-3-4-17(23)18-10-14/h9,12,14-15H,3-8,10-11H2,1-2H3,(H,18,23). The number of hydrogen-bond acceptors (Lipinski definition) is 5. The van der Waals surface area contributed by atoms with E-state index in [1.165, 1.54) is 12.8 Å². The average molecular weight is 317 g/mol. The third-order valence-electron chi connectivity index (χ3n) is 5.14. The van der Waals surface area contributed by atoms with Crippen LogP contribution < -0.4 is 10.2 Å². The second-order valence-corrected chi connectivity index (χ2v) is 6.87. The molecule has 1 aromatic heterocycles. The lowest BCUT2D eigenvalue weighted by Gasteiger charge is -2.39. The van der Waals surface area contributed by atoms with E-state index in [1.54, 1.807) is 6.33 Å². The van der Waals surface area contributed by atoms with Gasteiger partial charge < -0.3 is 15.1 Å². The molecule has 0 spiro atoms. The Morgan fingerprint density at radius 1 is 1.30 bits per heavy atom. The molecule has 3 rings (SSSR count). The second kappa shape index (κ2) is 7.25. The van der Waals surface area contributed by atoms with Gasteiger partial charge in [-0.2, -0.15) is 0 Å². The highest BCUT2D eigenvalue weighted by molar-refractivity contribution is 5.76. The summed E-state index contributed by atoms with van der Waals surface area (Å²) in [6, 6.07) is 2.60. The first-order valence-corrected chi connectivity index (χ1v) is 8.62. The van der Waals surface area contributed by atoms with Gasteiger partial charge in [-0.15, -0.1) is 0 Å². The zero-order valence-electron chi connectivity index (χ0n) is 14.2. The van der Waals surface area contributed by atoms with Gasteiger partial charge in [0.25, 0.3) is 0 Å². The zero-order chi connectivity index (χ0) is 16.2. The Kier molecular flexibility index (Phi) is 5.10. The Hall–Kier alpha value is -1.69. The van der Waals surface area contributed by atoms with Crippen molar-refractivity contribution in [2.75, 3.05) is 38.1 Å². The van der Waals surface area contributed by atoms with E-state index in [0.717, 1.165) is 44.1 Å². The maximum atomic E-state index is 11.2. The van der Waals surface area contributed by atoms with Crippen molar-refractivity contribution in [1.29, 1.82) is 0 Å². The highest BCUT2D eigenvalue weighted by Gasteiger charge is 2.26. The van der Waals surface area contributed by atoms with Gasteiger partial charge >= 0.3 is 0 Å². The first kappa shape index (κ1) is 16.2. The van der Waals surface area contributed by atoms with Gasteiger partial charge in [0, 0.05) is 57.4 Å². The van der Waals surface area contributed by atoms with Gasteiger partial charge in [0.15, 0.2) is 0 Å². The third-order valence-corrected chi connectivity index (χ3v) is 5.14. The number of carbonyl (C=O) groups is 1. The van der Waals surface area contributed by atoms with Gasteiger partial charge in [-0.05, 0) is 32.1 Å². The van der Waals surface area contributed by atoms with Crippen molar-refractivity contribution in [3.8, 4) is 0 Å². The van der Waals surface area contributed by atoms with Crippen LogP contribution in [0.5, 0.6) is 0 Å². The van der Waals surface area contributed by atoms with Crippen LogP contribution in [0.2, 0.25) is 0 Å². The monoisotopic (exact) mass is 317 g/mol. The number of piperidine rings is 2. The van der Waals surface area contributed by atoms with E-state index in [1.807, 2.05) is 6.92 Å². The molecule has 2 aliphatic heterocycles. The van der Waals surface area contributed by atoms with Crippen LogP contribution in [0, 0.1) is 12.8 Å². The van der Waals surface area contributed by atoms with Crippen molar-refractivity contribution in [2.45, 2.75) is 38.6 Å². The number of nitrogens with one attached hydrogen (secondary N) is 1.